The molecule has 3 aromatic rings. The predicted octanol–water partition coefficient (Wildman–Crippen LogP) is 3.22. The molecule has 1 unspecified atom stereocenters. The Hall–Kier alpha value is -3.17. The minimum Gasteiger partial charge on any atom is -0.343 e. The number of halogens is 3. The number of amides is 1. The summed E-state index contributed by atoms with van der Waals surface area (Å²) < 4.78 is 41.2. The van der Waals surface area contributed by atoms with Crippen molar-refractivity contribution in [3.63, 3.8) is 0 Å². The highest BCUT2D eigenvalue weighted by Gasteiger charge is 2.46. The summed E-state index contributed by atoms with van der Waals surface area (Å²) in [7, 11) is 0. The highest BCUT2D eigenvalue weighted by Crippen LogP contribution is 2.35. The minimum atomic E-state index is -4.34. The van der Waals surface area contributed by atoms with Crippen LogP contribution in [-0.4, -0.2) is 44.3 Å². The molecule has 1 fully saturated rings. The zero-order chi connectivity index (χ0) is 19.9. The number of nitrogens with zero attached hydrogens (tertiary/aromatic N) is 5. The number of rotatable bonds is 3. The zero-order valence-electron chi connectivity index (χ0n) is 14.9. The number of alkyl halides is 3. The molecular weight excluding hydrogens is 373 g/mol. The largest absolute Gasteiger partial charge is 0.408 e. The molecule has 3 aromatic heterocycles. The van der Waals surface area contributed by atoms with E-state index in [2.05, 4.69) is 20.4 Å². The lowest BCUT2D eigenvalue weighted by Gasteiger charge is -2.27. The quantitative estimate of drug-likeness (QED) is 0.743. The molecule has 1 saturated heterocycles. The molecule has 4 heterocycles. The number of anilines is 2. The van der Waals surface area contributed by atoms with Gasteiger partial charge in [0.2, 0.25) is 0 Å². The van der Waals surface area contributed by atoms with E-state index in [4.69, 9.17) is 0 Å². The highest BCUT2D eigenvalue weighted by atomic mass is 19.4. The van der Waals surface area contributed by atoms with Crippen LogP contribution in [0.25, 0.3) is 5.65 Å². The van der Waals surface area contributed by atoms with Gasteiger partial charge in [0.05, 0.1) is 5.69 Å². The maximum Gasteiger partial charge on any atom is 0.408 e. The molecule has 146 valence electrons. The van der Waals surface area contributed by atoms with Crippen LogP contribution in [-0.2, 0) is 0 Å². The smallest absolute Gasteiger partial charge is 0.343 e. The summed E-state index contributed by atoms with van der Waals surface area (Å²) in [5, 5.41) is 6.96. The van der Waals surface area contributed by atoms with Crippen molar-refractivity contribution < 1.29 is 18.0 Å². The maximum atomic E-state index is 13.3. The van der Waals surface area contributed by atoms with E-state index < -0.39 is 18.1 Å². The van der Waals surface area contributed by atoms with Crippen LogP contribution in [0.3, 0.4) is 0 Å². The molecule has 0 aromatic carbocycles. The molecule has 1 N–H and O–H groups in total. The maximum absolute atomic E-state index is 13.3. The average Bonchev–Trinajstić information content (AvgIpc) is 3.25. The van der Waals surface area contributed by atoms with E-state index in [0.29, 0.717) is 23.6 Å². The van der Waals surface area contributed by atoms with Gasteiger partial charge in [0.1, 0.15) is 17.7 Å². The molecule has 10 heteroatoms. The highest BCUT2D eigenvalue weighted by molar-refractivity contribution is 6.03. The molecule has 1 atom stereocenters. The third kappa shape index (κ3) is 3.25. The fraction of sp³-hybridized carbons (Fsp3) is 0.333. The van der Waals surface area contributed by atoms with Crippen molar-refractivity contribution >= 4 is 23.2 Å². The molecule has 1 aliphatic heterocycles. The number of pyridine rings is 1. The fourth-order valence-electron chi connectivity index (χ4n) is 3.44. The van der Waals surface area contributed by atoms with Gasteiger partial charge in [-0.1, -0.05) is 6.07 Å². The topological polar surface area (TPSA) is 75.4 Å². The van der Waals surface area contributed by atoms with Crippen molar-refractivity contribution in [1.82, 2.24) is 19.6 Å². The van der Waals surface area contributed by atoms with Crippen LogP contribution in [0.5, 0.6) is 0 Å². The lowest BCUT2D eigenvalue weighted by Crippen LogP contribution is -2.41. The van der Waals surface area contributed by atoms with Crippen molar-refractivity contribution in [2.24, 2.45) is 0 Å². The molecule has 0 aliphatic carbocycles. The van der Waals surface area contributed by atoms with Gasteiger partial charge in [0, 0.05) is 12.7 Å². The first-order chi connectivity index (χ1) is 13.3. The van der Waals surface area contributed by atoms with E-state index in [1.165, 1.54) is 21.7 Å². The summed E-state index contributed by atoms with van der Waals surface area (Å²) in [6.07, 6.45) is -2.34. The number of carbonyl (C=O) groups excluding carboxylic acids is 1. The van der Waals surface area contributed by atoms with Crippen LogP contribution >= 0.6 is 0 Å². The van der Waals surface area contributed by atoms with Crippen molar-refractivity contribution in [1.29, 1.82) is 0 Å². The Bertz CT molecular complexity index is 1020. The van der Waals surface area contributed by atoms with Gasteiger partial charge in [-0.25, -0.2) is 14.5 Å². The molecule has 1 amide bonds. The number of aryl methyl sites for hydroxylation is 1. The van der Waals surface area contributed by atoms with Gasteiger partial charge in [0.15, 0.2) is 11.3 Å². The summed E-state index contributed by atoms with van der Waals surface area (Å²) in [5.74, 6) is 0.0356. The van der Waals surface area contributed by atoms with Gasteiger partial charge in [-0.2, -0.15) is 13.2 Å². The summed E-state index contributed by atoms with van der Waals surface area (Å²) in [6, 6.07) is 6.58. The van der Waals surface area contributed by atoms with E-state index in [1.807, 2.05) is 0 Å². The molecule has 0 spiro atoms. The number of carbonyl (C=O) groups is 1. The van der Waals surface area contributed by atoms with Crippen LogP contribution in [0.4, 0.5) is 24.8 Å². The molecule has 0 bridgehead atoms. The second-order valence-electron chi connectivity index (χ2n) is 6.57. The molecule has 0 saturated carbocycles. The lowest BCUT2D eigenvalue weighted by molar-refractivity contribution is -0.146. The number of hydrogen-bond acceptors (Lipinski definition) is 5. The number of imidazole rings is 1. The third-order valence-electron chi connectivity index (χ3n) is 4.68. The number of nitrogens with one attached hydrogen (secondary N) is 1. The predicted molar refractivity (Wildman–Crippen MR) is 96.3 cm³/mol. The fourth-order valence-corrected chi connectivity index (χ4v) is 3.44. The summed E-state index contributed by atoms with van der Waals surface area (Å²) in [6.45, 7) is 1.90. The number of aromatic nitrogens is 4. The zero-order valence-corrected chi connectivity index (χ0v) is 14.9. The van der Waals surface area contributed by atoms with E-state index >= 15 is 0 Å². The van der Waals surface area contributed by atoms with Crippen molar-refractivity contribution in [2.45, 2.75) is 32.0 Å². The van der Waals surface area contributed by atoms with Gasteiger partial charge in [0.25, 0.3) is 5.91 Å². The van der Waals surface area contributed by atoms with Crippen LogP contribution in [0.15, 0.2) is 36.5 Å². The van der Waals surface area contributed by atoms with E-state index in [9.17, 15) is 18.0 Å². The van der Waals surface area contributed by atoms with Gasteiger partial charge >= 0.3 is 6.18 Å². The standard InChI is InChI=1S/C18H17F3N6O/c1-11-16(17(28)24-13-6-2-3-9-22-13)27-14(23-11)7-8-15(25-27)26-10-4-5-12(26)18(19,20)21/h2-3,6-9,12H,4-5,10H2,1H3,(H,22,24,28). The first-order valence-corrected chi connectivity index (χ1v) is 8.77. The molecule has 1 aliphatic rings. The molecule has 7 nitrogen and oxygen atoms in total. The van der Waals surface area contributed by atoms with Gasteiger partial charge in [-0.3, -0.25) is 4.79 Å². The number of fused-ring (bicyclic) bond motifs is 1. The Balaban J connectivity index is 1.71. The third-order valence-corrected chi connectivity index (χ3v) is 4.68. The first-order valence-electron chi connectivity index (χ1n) is 8.77. The van der Waals surface area contributed by atoms with E-state index in [1.54, 1.807) is 31.2 Å². The monoisotopic (exact) mass is 390 g/mol. The first kappa shape index (κ1) is 18.2. The lowest BCUT2D eigenvalue weighted by atomic mass is 10.2. The van der Waals surface area contributed by atoms with Gasteiger partial charge < -0.3 is 10.2 Å². The average molecular weight is 390 g/mol. The minimum absolute atomic E-state index is 0.0270. The molecule has 0 radical (unpaired) electrons. The van der Waals surface area contributed by atoms with Crippen LogP contribution in [0.1, 0.15) is 29.0 Å². The van der Waals surface area contributed by atoms with Gasteiger partial charge in [-0.15, -0.1) is 5.10 Å². The Morgan fingerprint density at radius 2 is 2.07 bits per heavy atom. The molecule has 4 rings (SSSR count). The van der Waals surface area contributed by atoms with Crippen molar-refractivity contribution in [3.05, 3.63) is 47.9 Å². The molecular formula is C18H17F3N6O. The SMILES string of the molecule is Cc1nc2ccc(N3CCCC3C(F)(F)F)nn2c1C(=O)Nc1ccccn1. The van der Waals surface area contributed by atoms with Crippen LogP contribution in [0.2, 0.25) is 0 Å². The second-order valence-corrected chi connectivity index (χ2v) is 6.57. The number of hydrogen-bond donors (Lipinski definition) is 1. The Morgan fingerprint density at radius 3 is 2.79 bits per heavy atom. The van der Waals surface area contributed by atoms with Crippen molar-refractivity contribution in [3.8, 4) is 0 Å². The Kier molecular flexibility index (Phi) is 4.40. The second kappa shape index (κ2) is 6.77. The molecule has 28 heavy (non-hydrogen) atoms. The van der Waals surface area contributed by atoms with E-state index in [0.717, 1.165) is 0 Å². The normalized spacial score (nSPS) is 17.3. The van der Waals surface area contributed by atoms with Crippen molar-refractivity contribution in [2.75, 3.05) is 16.8 Å². The van der Waals surface area contributed by atoms with Crippen LogP contribution in [0, 0.1) is 6.92 Å². The van der Waals surface area contributed by atoms with Gasteiger partial charge in [-0.05, 0) is 44.0 Å². The Morgan fingerprint density at radius 1 is 1.25 bits per heavy atom. The van der Waals surface area contributed by atoms with Crippen LogP contribution < -0.4 is 10.2 Å². The Labute approximate surface area is 158 Å². The summed E-state index contributed by atoms with van der Waals surface area (Å²) >= 11 is 0. The summed E-state index contributed by atoms with van der Waals surface area (Å²) in [4.78, 5) is 22.3. The summed E-state index contributed by atoms with van der Waals surface area (Å²) in [5.41, 5.74) is 0.965. The van der Waals surface area contributed by atoms with E-state index in [-0.39, 0.29) is 24.5 Å².